The molecule has 7 heavy (non-hydrogen) atoms. The van der Waals surface area contributed by atoms with E-state index < -0.39 is 0 Å². The van der Waals surface area contributed by atoms with Gasteiger partial charge < -0.3 is 11.5 Å². The van der Waals surface area contributed by atoms with Crippen molar-refractivity contribution in [2.75, 3.05) is 0 Å². The zero-order chi connectivity index (χ0) is 5.70. The number of aliphatic imine (C=N–C) groups is 1. The molecular weight excluding hydrogens is 90.1 g/mol. The Balaban J connectivity index is 3.46. The third-order valence-electron chi connectivity index (χ3n) is 0.373. The molecule has 0 saturated carbocycles. The predicted octanol–water partition coefficient (Wildman–Crippen LogP) is -0.207. The van der Waals surface area contributed by atoms with Gasteiger partial charge in [-0.2, -0.15) is 0 Å². The Morgan fingerprint density at radius 1 is 1.57 bits per heavy atom. The van der Waals surface area contributed by atoms with Gasteiger partial charge in [-0.15, -0.1) is 0 Å². The Labute approximate surface area is 42.7 Å². The number of nitrogens with two attached hydrogens (primary N) is 2. The second-order valence-electron chi connectivity index (χ2n) is 1.04. The smallest absolute Gasteiger partial charge is 0.190 e. The first-order valence-corrected chi connectivity index (χ1v) is 1.97. The summed E-state index contributed by atoms with van der Waals surface area (Å²) in [4.78, 5) is 3.53. The topological polar surface area (TPSA) is 64.4 Å². The molecule has 40 valence electrons. The van der Waals surface area contributed by atoms with Crippen LogP contribution in [0.4, 0.5) is 0 Å². The van der Waals surface area contributed by atoms with Crippen LogP contribution in [-0.2, 0) is 0 Å². The van der Waals surface area contributed by atoms with Crippen molar-refractivity contribution in [3.8, 4) is 0 Å². The lowest BCUT2D eigenvalue weighted by atomic mass is 10.7. The van der Waals surface area contributed by atoms with Crippen LogP contribution in [0, 0.1) is 0 Å². The van der Waals surface area contributed by atoms with Crippen molar-refractivity contribution in [2.45, 2.75) is 6.92 Å². The Hall–Kier alpha value is -0.990. The van der Waals surface area contributed by atoms with Gasteiger partial charge in [-0.1, -0.05) is 6.08 Å². The summed E-state index contributed by atoms with van der Waals surface area (Å²) in [6.07, 6.45) is 3.29. The largest absolute Gasteiger partial charge is 0.370 e. The average molecular weight is 99.1 g/mol. The number of hydrogen-bond acceptors (Lipinski definition) is 1. The maximum Gasteiger partial charge on any atom is 0.190 e. The van der Waals surface area contributed by atoms with Crippen LogP contribution in [0.1, 0.15) is 6.92 Å². The van der Waals surface area contributed by atoms with Crippen LogP contribution in [0.5, 0.6) is 0 Å². The minimum absolute atomic E-state index is 0.0955. The van der Waals surface area contributed by atoms with Crippen LogP contribution in [0.2, 0.25) is 0 Å². The molecule has 0 heterocycles. The molecule has 0 fully saturated rings. The predicted molar refractivity (Wildman–Crippen MR) is 30.6 cm³/mol. The molecular formula is C4H9N3. The minimum atomic E-state index is 0.0955. The van der Waals surface area contributed by atoms with Gasteiger partial charge in [0.15, 0.2) is 5.96 Å². The van der Waals surface area contributed by atoms with E-state index in [4.69, 9.17) is 11.5 Å². The highest BCUT2D eigenvalue weighted by molar-refractivity contribution is 5.76. The van der Waals surface area contributed by atoms with Gasteiger partial charge in [-0.25, -0.2) is 4.99 Å². The number of hydrogen-bond donors (Lipinski definition) is 2. The number of allylic oxidation sites excluding steroid dienone is 1. The van der Waals surface area contributed by atoms with Crippen molar-refractivity contribution in [3.63, 3.8) is 0 Å². The number of guanidine groups is 1. The van der Waals surface area contributed by atoms with Gasteiger partial charge in [0.05, 0.1) is 0 Å². The summed E-state index contributed by atoms with van der Waals surface area (Å²) < 4.78 is 0. The molecule has 0 aromatic heterocycles. The molecule has 0 unspecified atom stereocenters. The van der Waals surface area contributed by atoms with Crippen LogP contribution in [0.3, 0.4) is 0 Å². The number of nitrogens with zero attached hydrogens (tertiary/aromatic N) is 1. The molecule has 0 atom stereocenters. The van der Waals surface area contributed by atoms with Crippen molar-refractivity contribution in [3.05, 3.63) is 12.3 Å². The highest BCUT2D eigenvalue weighted by atomic mass is 15.0. The lowest BCUT2D eigenvalue weighted by Gasteiger charge is -1.80. The van der Waals surface area contributed by atoms with Crippen LogP contribution >= 0.6 is 0 Å². The van der Waals surface area contributed by atoms with E-state index in [0.717, 1.165) is 0 Å². The standard InChI is InChI=1S/C4H9N3/c1-2-3-7-4(5)6/h2-3H,1H3,(H4,5,6,7)/b3-2-. The molecule has 0 rings (SSSR count). The molecule has 3 heteroatoms. The van der Waals surface area contributed by atoms with Gasteiger partial charge in [0.1, 0.15) is 0 Å². The zero-order valence-electron chi connectivity index (χ0n) is 4.26. The Kier molecular flexibility index (Phi) is 2.76. The van der Waals surface area contributed by atoms with E-state index in [-0.39, 0.29) is 5.96 Å². The zero-order valence-corrected chi connectivity index (χ0v) is 4.26. The normalized spacial score (nSPS) is 9.29. The molecule has 3 nitrogen and oxygen atoms in total. The lowest BCUT2D eigenvalue weighted by molar-refractivity contribution is 1.42. The van der Waals surface area contributed by atoms with Crippen molar-refractivity contribution >= 4 is 5.96 Å². The second-order valence-corrected chi connectivity index (χ2v) is 1.04. The molecule has 0 aliphatic heterocycles. The quantitative estimate of drug-likeness (QED) is 0.353. The van der Waals surface area contributed by atoms with E-state index >= 15 is 0 Å². The summed E-state index contributed by atoms with van der Waals surface area (Å²) >= 11 is 0. The molecule has 0 radical (unpaired) electrons. The highest BCUT2D eigenvalue weighted by Crippen LogP contribution is 1.67. The average Bonchev–Trinajstić information content (AvgIpc) is 1.61. The van der Waals surface area contributed by atoms with Crippen LogP contribution in [-0.4, -0.2) is 5.96 Å². The fourth-order valence-corrected chi connectivity index (χ4v) is 0.161. The third-order valence-corrected chi connectivity index (χ3v) is 0.373. The summed E-state index contributed by atoms with van der Waals surface area (Å²) in [5.74, 6) is 0.0955. The molecule has 0 aliphatic rings. The molecule has 0 aromatic rings. The van der Waals surface area contributed by atoms with E-state index in [2.05, 4.69) is 4.99 Å². The van der Waals surface area contributed by atoms with Gasteiger partial charge in [-0.05, 0) is 6.92 Å². The maximum absolute atomic E-state index is 4.96. The molecule has 0 bridgehead atoms. The van der Waals surface area contributed by atoms with Gasteiger partial charge in [-0.3, -0.25) is 0 Å². The monoisotopic (exact) mass is 99.1 g/mol. The fraction of sp³-hybridized carbons (Fsp3) is 0.250. The summed E-state index contributed by atoms with van der Waals surface area (Å²) in [5, 5.41) is 0. The molecule has 0 spiro atoms. The third kappa shape index (κ3) is 5.01. The van der Waals surface area contributed by atoms with Gasteiger partial charge in [0.25, 0.3) is 0 Å². The molecule has 0 aliphatic carbocycles. The Morgan fingerprint density at radius 3 is 2.29 bits per heavy atom. The second kappa shape index (κ2) is 3.21. The van der Waals surface area contributed by atoms with Crippen LogP contribution in [0.25, 0.3) is 0 Å². The van der Waals surface area contributed by atoms with E-state index in [9.17, 15) is 0 Å². The molecule has 4 N–H and O–H groups in total. The first kappa shape index (κ1) is 6.01. The van der Waals surface area contributed by atoms with Crippen molar-refractivity contribution in [1.82, 2.24) is 0 Å². The van der Waals surface area contributed by atoms with Gasteiger partial charge in [0.2, 0.25) is 0 Å². The number of rotatable bonds is 1. The Morgan fingerprint density at radius 2 is 2.14 bits per heavy atom. The van der Waals surface area contributed by atoms with E-state index in [1.165, 1.54) is 6.20 Å². The lowest BCUT2D eigenvalue weighted by Crippen LogP contribution is -2.21. The molecule has 0 saturated heterocycles. The Bertz CT molecular complexity index is 89.1. The van der Waals surface area contributed by atoms with Crippen molar-refractivity contribution < 1.29 is 0 Å². The maximum atomic E-state index is 4.96. The van der Waals surface area contributed by atoms with Crippen LogP contribution < -0.4 is 11.5 Å². The van der Waals surface area contributed by atoms with Gasteiger partial charge in [0, 0.05) is 6.20 Å². The van der Waals surface area contributed by atoms with Gasteiger partial charge >= 0.3 is 0 Å². The minimum Gasteiger partial charge on any atom is -0.370 e. The first-order chi connectivity index (χ1) is 3.27. The van der Waals surface area contributed by atoms with Crippen LogP contribution in [0.15, 0.2) is 17.3 Å². The van der Waals surface area contributed by atoms with Crippen molar-refractivity contribution in [2.24, 2.45) is 16.5 Å². The van der Waals surface area contributed by atoms with E-state index in [1.807, 2.05) is 6.92 Å². The summed E-state index contributed by atoms with van der Waals surface area (Å²) in [6.45, 7) is 1.84. The summed E-state index contributed by atoms with van der Waals surface area (Å²) in [5.41, 5.74) is 9.91. The van der Waals surface area contributed by atoms with Crippen molar-refractivity contribution in [1.29, 1.82) is 0 Å². The molecule has 0 aromatic carbocycles. The summed E-state index contributed by atoms with van der Waals surface area (Å²) in [7, 11) is 0. The van der Waals surface area contributed by atoms with E-state index in [0.29, 0.717) is 0 Å². The first-order valence-electron chi connectivity index (χ1n) is 1.97. The highest BCUT2D eigenvalue weighted by Gasteiger charge is 1.66. The fourth-order valence-electron chi connectivity index (χ4n) is 0.161. The molecule has 0 amide bonds. The SMILES string of the molecule is C/C=C\N=C(N)N. The summed E-state index contributed by atoms with van der Waals surface area (Å²) in [6, 6.07) is 0. The van der Waals surface area contributed by atoms with E-state index in [1.54, 1.807) is 6.08 Å².